The number of piperazine rings is 1. The molecule has 0 unspecified atom stereocenters. The van der Waals surface area contributed by atoms with E-state index in [1.165, 1.54) is 28.6 Å². The van der Waals surface area contributed by atoms with Crippen LogP contribution in [-0.2, 0) is 4.79 Å². The van der Waals surface area contributed by atoms with Gasteiger partial charge < -0.3 is 25.2 Å². The smallest absolute Gasteiger partial charge is 0.249 e. The van der Waals surface area contributed by atoms with Gasteiger partial charge in [-0.3, -0.25) is 4.79 Å². The van der Waals surface area contributed by atoms with E-state index < -0.39 is 0 Å². The van der Waals surface area contributed by atoms with Crippen molar-refractivity contribution < 1.29 is 9.53 Å². The number of nitrogens with zero attached hydrogens (tertiary/aromatic N) is 4. The van der Waals surface area contributed by atoms with Crippen LogP contribution < -0.4 is 20.3 Å². The molecule has 0 spiro atoms. The molecule has 1 fully saturated rings. The van der Waals surface area contributed by atoms with E-state index in [4.69, 9.17) is 16.3 Å². The number of rotatable bonds is 7. The van der Waals surface area contributed by atoms with Gasteiger partial charge >= 0.3 is 0 Å². The molecule has 3 heterocycles. The highest BCUT2D eigenvalue weighted by Gasteiger charge is 2.15. The Kier molecular flexibility index (Phi) is 7.31. The molecule has 8 nitrogen and oxygen atoms in total. The van der Waals surface area contributed by atoms with Crippen LogP contribution in [0.3, 0.4) is 0 Å². The molecule has 10 heteroatoms. The van der Waals surface area contributed by atoms with E-state index in [0.717, 1.165) is 42.1 Å². The fourth-order valence-corrected chi connectivity index (χ4v) is 4.77. The van der Waals surface area contributed by atoms with Crippen LogP contribution in [0.15, 0.2) is 71.6 Å². The second-order valence-electron chi connectivity index (χ2n) is 8.36. The van der Waals surface area contributed by atoms with Gasteiger partial charge in [0.2, 0.25) is 17.7 Å². The van der Waals surface area contributed by atoms with Crippen molar-refractivity contribution >= 4 is 62.1 Å². The third kappa shape index (κ3) is 5.76. The highest BCUT2D eigenvalue weighted by Crippen LogP contribution is 2.34. The minimum absolute atomic E-state index is 0.324. The molecular weight excluding hydrogens is 496 g/mol. The van der Waals surface area contributed by atoms with Gasteiger partial charge in [0.1, 0.15) is 10.4 Å². The molecule has 184 valence electrons. The van der Waals surface area contributed by atoms with E-state index in [-0.39, 0.29) is 5.91 Å². The number of hydrogen-bond acceptors (Lipinski definition) is 8. The van der Waals surface area contributed by atoms with Crippen LogP contribution in [0.2, 0.25) is 0 Å². The summed E-state index contributed by atoms with van der Waals surface area (Å²) in [5.74, 6) is 1.10. The molecule has 2 aromatic heterocycles. The van der Waals surface area contributed by atoms with Gasteiger partial charge in [0.05, 0.1) is 5.52 Å². The number of fused-ring (bicyclic) bond motifs is 1. The Morgan fingerprint density at radius 1 is 1.06 bits per heavy atom. The third-order valence-electron chi connectivity index (χ3n) is 5.79. The highest BCUT2D eigenvalue weighted by atomic mass is 35.5. The number of nitrogens with one attached hydrogen (secondary N) is 2. The molecule has 1 saturated heterocycles. The summed E-state index contributed by atoms with van der Waals surface area (Å²) in [7, 11) is 2.15. The van der Waals surface area contributed by atoms with Gasteiger partial charge in [0, 0.05) is 60.9 Å². The molecule has 0 radical (unpaired) electrons. The Bertz CT molecular complexity index is 1380. The molecule has 1 aliphatic rings. The van der Waals surface area contributed by atoms with Crippen molar-refractivity contribution in [2.24, 2.45) is 0 Å². The Morgan fingerprint density at radius 2 is 1.86 bits per heavy atom. The van der Waals surface area contributed by atoms with Crippen molar-refractivity contribution in [2.45, 2.75) is 0 Å². The lowest BCUT2D eigenvalue weighted by Crippen LogP contribution is -2.44. The van der Waals surface area contributed by atoms with Gasteiger partial charge in [0.15, 0.2) is 0 Å². The highest BCUT2D eigenvalue weighted by molar-refractivity contribution is 7.17. The largest absolute Gasteiger partial charge is 0.437 e. The number of aromatic nitrogens is 2. The zero-order valence-electron chi connectivity index (χ0n) is 19.6. The first kappa shape index (κ1) is 24.1. The summed E-state index contributed by atoms with van der Waals surface area (Å²) in [5, 5.41) is 7.99. The summed E-state index contributed by atoms with van der Waals surface area (Å²) in [4.78, 5) is 25.8. The lowest BCUT2D eigenvalue weighted by atomic mass is 10.2. The lowest BCUT2D eigenvalue weighted by molar-refractivity contribution is -0.111. The van der Waals surface area contributed by atoms with Crippen LogP contribution in [0, 0.1) is 0 Å². The van der Waals surface area contributed by atoms with E-state index >= 15 is 0 Å². The van der Waals surface area contributed by atoms with Crippen LogP contribution in [0.4, 0.5) is 23.0 Å². The molecule has 36 heavy (non-hydrogen) atoms. The number of anilines is 4. The fourth-order valence-electron chi connectivity index (χ4n) is 3.90. The van der Waals surface area contributed by atoms with Crippen molar-refractivity contribution in [3.63, 3.8) is 0 Å². The van der Waals surface area contributed by atoms with Crippen LogP contribution in [0.25, 0.3) is 10.2 Å². The summed E-state index contributed by atoms with van der Waals surface area (Å²) in [6.45, 7) is 4.18. The van der Waals surface area contributed by atoms with Gasteiger partial charge in [-0.05, 0) is 54.9 Å². The Hall–Kier alpha value is -3.66. The van der Waals surface area contributed by atoms with E-state index in [2.05, 4.69) is 49.6 Å². The van der Waals surface area contributed by atoms with Gasteiger partial charge in [-0.1, -0.05) is 17.7 Å². The Balaban J connectivity index is 1.33. The first-order chi connectivity index (χ1) is 17.6. The molecule has 2 N–H and O–H groups in total. The first-order valence-electron chi connectivity index (χ1n) is 11.5. The number of halogens is 1. The van der Waals surface area contributed by atoms with Crippen LogP contribution in [0.5, 0.6) is 11.6 Å². The molecular formula is C26H25ClN6O2S. The fraction of sp³-hybridized carbons (Fsp3) is 0.192. The zero-order chi connectivity index (χ0) is 24.9. The second-order valence-corrected chi connectivity index (χ2v) is 9.53. The zero-order valence-corrected chi connectivity index (χ0v) is 21.2. The number of benzene rings is 2. The summed E-state index contributed by atoms with van der Waals surface area (Å²) in [6.07, 6.45) is 1.24. The molecule has 2 aromatic carbocycles. The maximum Gasteiger partial charge on any atom is 0.249 e. The van der Waals surface area contributed by atoms with Gasteiger partial charge in [-0.2, -0.15) is 4.98 Å². The van der Waals surface area contributed by atoms with Crippen LogP contribution in [-0.4, -0.2) is 54.0 Å². The average molecular weight is 521 g/mol. The molecule has 1 amide bonds. The van der Waals surface area contributed by atoms with Gasteiger partial charge in [-0.15, -0.1) is 11.3 Å². The van der Waals surface area contributed by atoms with Crippen LogP contribution >= 0.6 is 22.9 Å². The monoisotopic (exact) mass is 520 g/mol. The maximum absolute atomic E-state index is 11.8. The molecule has 0 bridgehead atoms. The quantitative estimate of drug-likeness (QED) is 0.304. The van der Waals surface area contributed by atoms with Crippen molar-refractivity contribution in [2.75, 3.05) is 48.8 Å². The van der Waals surface area contributed by atoms with Crippen LogP contribution in [0.1, 0.15) is 0 Å². The SMILES string of the molecule is CN1CCN(c2ccc(Nc3nc(Oc4cccc(NC(=O)/C=C/Cl)c4)c4sccc4n3)cc2)CC1. The number of thiophene rings is 1. The summed E-state index contributed by atoms with van der Waals surface area (Å²) in [5.41, 5.74) is 4.64. The molecule has 1 aliphatic heterocycles. The summed E-state index contributed by atoms with van der Waals surface area (Å²) in [6, 6.07) is 17.3. The number of carbonyl (C=O) groups is 1. The molecule has 0 saturated carbocycles. The lowest BCUT2D eigenvalue weighted by Gasteiger charge is -2.34. The predicted octanol–water partition coefficient (Wildman–Crippen LogP) is 5.67. The van der Waals surface area contributed by atoms with Gasteiger partial charge in [-0.25, -0.2) is 4.98 Å². The number of amides is 1. The average Bonchev–Trinajstić information content (AvgIpc) is 3.35. The minimum atomic E-state index is -0.324. The van der Waals surface area contributed by atoms with Crippen molar-refractivity contribution in [3.8, 4) is 11.6 Å². The first-order valence-corrected chi connectivity index (χ1v) is 12.8. The maximum atomic E-state index is 11.8. The minimum Gasteiger partial charge on any atom is -0.437 e. The second kappa shape index (κ2) is 10.9. The van der Waals surface area contributed by atoms with E-state index in [9.17, 15) is 4.79 Å². The Morgan fingerprint density at radius 3 is 2.64 bits per heavy atom. The molecule has 5 rings (SSSR count). The molecule has 0 aliphatic carbocycles. The van der Waals surface area contributed by atoms with Crippen molar-refractivity contribution in [3.05, 3.63) is 71.6 Å². The van der Waals surface area contributed by atoms with E-state index in [0.29, 0.717) is 23.3 Å². The standard InChI is InChI=1S/C26H25ClN6O2S/c1-32-12-14-33(15-13-32)20-7-5-18(6-8-20)29-26-30-22-10-16-36-24(22)25(31-26)35-21-4-2-3-19(17-21)28-23(34)9-11-27/h2-11,16-17H,12-15H2,1H3,(H,28,34)(H,29,30,31)/b11-9+. The number of hydrogen-bond donors (Lipinski definition) is 2. The number of ether oxygens (including phenoxy) is 1. The summed E-state index contributed by atoms with van der Waals surface area (Å²) < 4.78 is 6.97. The van der Waals surface area contributed by atoms with Crippen molar-refractivity contribution in [1.29, 1.82) is 0 Å². The third-order valence-corrected chi connectivity index (χ3v) is 6.81. The predicted molar refractivity (Wildman–Crippen MR) is 147 cm³/mol. The number of likely N-dealkylation sites (N-methyl/N-ethyl adjacent to an activating group) is 1. The molecule has 4 aromatic rings. The summed E-state index contributed by atoms with van der Waals surface area (Å²) >= 11 is 6.99. The van der Waals surface area contributed by atoms with E-state index in [1.807, 2.05) is 23.6 Å². The normalized spacial score (nSPS) is 14.3. The topological polar surface area (TPSA) is 82.6 Å². The molecule has 0 atom stereocenters. The van der Waals surface area contributed by atoms with Gasteiger partial charge in [0.25, 0.3) is 0 Å². The Labute approximate surface area is 218 Å². The number of carbonyl (C=O) groups excluding carboxylic acids is 1. The van der Waals surface area contributed by atoms with E-state index in [1.54, 1.807) is 24.3 Å². The van der Waals surface area contributed by atoms with Crippen molar-refractivity contribution in [1.82, 2.24) is 14.9 Å².